The maximum atomic E-state index is 5.13. The zero-order chi connectivity index (χ0) is 7.11. The molecule has 0 aromatic rings. The standard InChI is InChI=1S/C7H16O2/c1-4-9-6-5-7(2)8-3/h7H,4-6H2,1-3H3. The van der Waals surface area contributed by atoms with Crippen molar-refractivity contribution in [2.75, 3.05) is 20.3 Å². The quantitative estimate of drug-likeness (QED) is 0.527. The number of hydrogen-bond donors (Lipinski definition) is 0. The van der Waals surface area contributed by atoms with Gasteiger partial charge in [-0.05, 0) is 20.3 Å². The molecular weight excluding hydrogens is 116 g/mol. The monoisotopic (exact) mass is 132 g/mol. The maximum absolute atomic E-state index is 5.13. The van der Waals surface area contributed by atoms with Crippen LogP contribution in [0.2, 0.25) is 0 Å². The van der Waals surface area contributed by atoms with Gasteiger partial charge in [-0.3, -0.25) is 0 Å². The van der Waals surface area contributed by atoms with Crippen molar-refractivity contribution in [2.24, 2.45) is 0 Å². The molecule has 0 heterocycles. The molecule has 56 valence electrons. The number of ether oxygens (including phenoxy) is 2. The van der Waals surface area contributed by atoms with Crippen LogP contribution in [-0.2, 0) is 9.47 Å². The summed E-state index contributed by atoms with van der Waals surface area (Å²) in [6, 6.07) is 0. The predicted octanol–water partition coefficient (Wildman–Crippen LogP) is 1.45. The Balaban J connectivity index is 2.88. The third-order valence-corrected chi connectivity index (χ3v) is 1.28. The molecular formula is C7H16O2. The number of rotatable bonds is 5. The van der Waals surface area contributed by atoms with Crippen molar-refractivity contribution >= 4 is 0 Å². The van der Waals surface area contributed by atoms with E-state index in [4.69, 9.17) is 9.47 Å². The molecule has 0 spiro atoms. The first-order chi connectivity index (χ1) is 4.31. The van der Waals surface area contributed by atoms with E-state index >= 15 is 0 Å². The maximum Gasteiger partial charge on any atom is 0.0565 e. The molecule has 0 bridgehead atoms. The molecule has 0 aliphatic rings. The minimum atomic E-state index is 0.330. The van der Waals surface area contributed by atoms with Gasteiger partial charge in [0, 0.05) is 20.3 Å². The highest BCUT2D eigenvalue weighted by Crippen LogP contribution is 1.94. The van der Waals surface area contributed by atoms with Gasteiger partial charge < -0.3 is 9.47 Å². The normalized spacial score (nSPS) is 13.7. The predicted molar refractivity (Wildman–Crippen MR) is 37.6 cm³/mol. The van der Waals surface area contributed by atoms with Gasteiger partial charge in [0.15, 0.2) is 0 Å². The first-order valence-corrected chi connectivity index (χ1v) is 3.41. The van der Waals surface area contributed by atoms with E-state index in [1.165, 1.54) is 0 Å². The van der Waals surface area contributed by atoms with Crippen molar-refractivity contribution < 1.29 is 9.47 Å². The molecule has 2 heteroatoms. The van der Waals surface area contributed by atoms with Crippen LogP contribution in [0.25, 0.3) is 0 Å². The summed E-state index contributed by atoms with van der Waals surface area (Å²) in [6.07, 6.45) is 1.32. The Morgan fingerprint density at radius 1 is 1.44 bits per heavy atom. The van der Waals surface area contributed by atoms with Crippen LogP contribution < -0.4 is 0 Å². The Labute approximate surface area is 57.2 Å². The van der Waals surface area contributed by atoms with Gasteiger partial charge in [-0.25, -0.2) is 0 Å². The summed E-state index contributed by atoms with van der Waals surface area (Å²) >= 11 is 0. The molecule has 0 amide bonds. The summed E-state index contributed by atoms with van der Waals surface area (Å²) in [4.78, 5) is 0. The fourth-order valence-corrected chi connectivity index (χ4v) is 0.511. The van der Waals surface area contributed by atoms with E-state index in [-0.39, 0.29) is 0 Å². The summed E-state index contributed by atoms with van der Waals surface area (Å²) in [5, 5.41) is 0. The molecule has 0 radical (unpaired) electrons. The molecule has 0 N–H and O–H groups in total. The molecule has 0 aliphatic carbocycles. The van der Waals surface area contributed by atoms with Crippen molar-refractivity contribution in [1.29, 1.82) is 0 Å². The highest BCUT2D eigenvalue weighted by atomic mass is 16.5. The van der Waals surface area contributed by atoms with Crippen molar-refractivity contribution in [3.63, 3.8) is 0 Å². The topological polar surface area (TPSA) is 18.5 Å². The van der Waals surface area contributed by atoms with Gasteiger partial charge in [-0.2, -0.15) is 0 Å². The average molecular weight is 132 g/mol. The summed E-state index contributed by atoms with van der Waals surface area (Å²) in [7, 11) is 1.72. The van der Waals surface area contributed by atoms with Gasteiger partial charge in [0.25, 0.3) is 0 Å². The number of methoxy groups -OCH3 is 1. The second kappa shape index (κ2) is 6.05. The zero-order valence-corrected chi connectivity index (χ0v) is 6.52. The fraction of sp³-hybridized carbons (Fsp3) is 1.00. The molecule has 0 saturated carbocycles. The van der Waals surface area contributed by atoms with E-state index in [0.717, 1.165) is 19.6 Å². The molecule has 1 unspecified atom stereocenters. The van der Waals surface area contributed by atoms with E-state index in [0.29, 0.717) is 6.10 Å². The van der Waals surface area contributed by atoms with Crippen molar-refractivity contribution in [3.8, 4) is 0 Å². The lowest BCUT2D eigenvalue weighted by Gasteiger charge is -2.07. The largest absolute Gasteiger partial charge is 0.382 e. The lowest BCUT2D eigenvalue weighted by atomic mass is 10.3. The molecule has 0 saturated heterocycles. The van der Waals surface area contributed by atoms with Crippen LogP contribution in [0.1, 0.15) is 20.3 Å². The van der Waals surface area contributed by atoms with Gasteiger partial charge >= 0.3 is 0 Å². The molecule has 1 atom stereocenters. The van der Waals surface area contributed by atoms with Crippen molar-refractivity contribution in [3.05, 3.63) is 0 Å². The summed E-state index contributed by atoms with van der Waals surface area (Å²) < 4.78 is 10.1. The van der Waals surface area contributed by atoms with Crippen LogP contribution in [0, 0.1) is 0 Å². The minimum Gasteiger partial charge on any atom is -0.382 e. The van der Waals surface area contributed by atoms with Crippen LogP contribution in [0.15, 0.2) is 0 Å². The Morgan fingerprint density at radius 2 is 2.11 bits per heavy atom. The summed E-state index contributed by atoms with van der Waals surface area (Å²) in [5.74, 6) is 0. The molecule has 0 aliphatic heterocycles. The van der Waals surface area contributed by atoms with Crippen molar-refractivity contribution in [1.82, 2.24) is 0 Å². The molecule has 0 rings (SSSR count). The van der Waals surface area contributed by atoms with Gasteiger partial charge in [-0.15, -0.1) is 0 Å². The molecule has 0 aromatic heterocycles. The van der Waals surface area contributed by atoms with Crippen LogP contribution in [0.3, 0.4) is 0 Å². The molecule has 0 fully saturated rings. The van der Waals surface area contributed by atoms with E-state index in [2.05, 4.69) is 0 Å². The Hall–Kier alpha value is -0.0800. The minimum absolute atomic E-state index is 0.330. The fourth-order valence-electron chi connectivity index (χ4n) is 0.511. The first-order valence-electron chi connectivity index (χ1n) is 3.41. The van der Waals surface area contributed by atoms with Crippen molar-refractivity contribution in [2.45, 2.75) is 26.4 Å². The zero-order valence-electron chi connectivity index (χ0n) is 6.52. The lowest BCUT2D eigenvalue weighted by molar-refractivity contribution is 0.0660. The Morgan fingerprint density at radius 3 is 2.56 bits per heavy atom. The highest BCUT2D eigenvalue weighted by molar-refractivity contribution is 4.45. The highest BCUT2D eigenvalue weighted by Gasteiger charge is 1.96. The van der Waals surface area contributed by atoms with E-state index < -0.39 is 0 Å². The Bertz CT molecular complexity index is 54.9. The van der Waals surface area contributed by atoms with Gasteiger partial charge in [0.1, 0.15) is 0 Å². The van der Waals surface area contributed by atoms with Crippen LogP contribution >= 0.6 is 0 Å². The smallest absolute Gasteiger partial charge is 0.0565 e. The van der Waals surface area contributed by atoms with Crippen LogP contribution in [-0.4, -0.2) is 26.4 Å². The van der Waals surface area contributed by atoms with E-state index in [1.807, 2.05) is 13.8 Å². The second-order valence-corrected chi connectivity index (χ2v) is 2.03. The summed E-state index contributed by atoms with van der Waals surface area (Å²) in [6.45, 7) is 5.65. The van der Waals surface area contributed by atoms with Crippen LogP contribution in [0.5, 0.6) is 0 Å². The average Bonchev–Trinajstić information content (AvgIpc) is 1.89. The summed E-state index contributed by atoms with van der Waals surface area (Å²) in [5.41, 5.74) is 0. The molecule has 0 aromatic carbocycles. The lowest BCUT2D eigenvalue weighted by Crippen LogP contribution is -2.08. The molecule has 9 heavy (non-hydrogen) atoms. The number of hydrogen-bond acceptors (Lipinski definition) is 2. The Kier molecular flexibility index (Phi) is 5.99. The SMILES string of the molecule is CCOCCC(C)OC. The first kappa shape index (κ1) is 8.92. The second-order valence-electron chi connectivity index (χ2n) is 2.03. The third kappa shape index (κ3) is 5.80. The van der Waals surface area contributed by atoms with Gasteiger partial charge in [0.05, 0.1) is 6.10 Å². The van der Waals surface area contributed by atoms with E-state index in [1.54, 1.807) is 7.11 Å². The van der Waals surface area contributed by atoms with E-state index in [9.17, 15) is 0 Å². The third-order valence-electron chi connectivity index (χ3n) is 1.28. The molecule has 2 nitrogen and oxygen atoms in total. The van der Waals surface area contributed by atoms with Crippen LogP contribution in [0.4, 0.5) is 0 Å². The van der Waals surface area contributed by atoms with Gasteiger partial charge in [0.2, 0.25) is 0 Å². The van der Waals surface area contributed by atoms with Gasteiger partial charge in [-0.1, -0.05) is 0 Å².